The summed E-state index contributed by atoms with van der Waals surface area (Å²) in [5.74, 6) is -1.88. The molecule has 0 fully saturated rings. The first-order valence-corrected chi connectivity index (χ1v) is 16.1. The van der Waals surface area contributed by atoms with E-state index >= 15 is 0 Å². The Hall–Kier alpha value is -5.00. The van der Waals surface area contributed by atoms with Crippen LogP contribution in [0, 0.1) is 6.92 Å². The van der Waals surface area contributed by atoms with E-state index in [2.05, 4.69) is 17.2 Å². The second kappa shape index (κ2) is 15.9. The highest BCUT2D eigenvalue weighted by molar-refractivity contribution is 6.09. The molecule has 0 radical (unpaired) electrons. The highest BCUT2D eigenvalue weighted by atomic mass is 19.4. The van der Waals surface area contributed by atoms with Crippen LogP contribution in [0.4, 0.5) is 24.5 Å². The van der Waals surface area contributed by atoms with Gasteiger partial charge >= 0.3 is 12.1 Å². The zero-order valence-electron chi connectivity index (χ0n) is 27.3. The van der Waals surface area contributed by atoms with Gasteiger partial charge in [-0.05, 0) is 96.1 Å². The summed E-state index contributed by atoms with van der Waals surface area (Å²) in [5, 5.41) is 13.6. The number of anilines is 2. The number of carbonyl (C=O) groups is 2. The van der Waals surface area contributed by atoms with Crippen LogP contribution < -0.4 is 15.0 Å². The van der Waals surface area contributed by atoms with Crippen LogP contribution in [0.15, 0.2) is 90.6 Å². The Kier molecular flexibility index (Phi) is 11.5. The van der Waals surface area contributed by atoms with Gasteiger partial charge in [-0.3, -0.25) is 14.6 Å². The third-order valence-corrected chi connectivity index (χ3v) is 8.15. The molecular formula is C38H38F3N3O5. The van der Waals surface area contributed by atoms with E-state index < -0.39 is 24.1 Å². The summed E-state index contributed by atoms with van der Waals surface area (Å²) in [7, 11) is 0. The Morgan fingerprint density at radius 1 is 0.980 bits per heavy atom. The number of fused-ring (bicyclic) bond motifs is 1. The van der Waals surface area contributed by atoms with Crippen LogP contribution in [-0.4, -0.2) is 54.4 Å². The molecule has 0 bridgehead atoms. The number of ether oxygens (including phenoxy) is 2. The molecule has 2 N–H and O–H groups in total. The van der Waals surface area contributed by atoms with Crippen molar-refractivity contribution in [1.29, 1.82) is 0 Å². The summed E-state index contributed by atoms with van der Waals surface area (Å²) >= 11 is 0. The minimum atomic E-state index is -5.10. The molecule has 3 aromatic carbocycles. The molecule has 256 valence electrons. The van der Waals surface area contributed by atoms with E-state index in [9.17, 15) is 27.9 Å². The first kappa shape index (κ1) is 35.3. The van der Waals surface area contributed by atoms with E-state index in [4.69, 9.17) is 9.47 Å². The second-order valence-corrected chi connectivity index (χ2v) is 11.7. The lowest BCUT2D eigenvalue weighted by molar-refractivity contribution is -0.170. The number of rotatable bonds is 12. The number of aliphatic hydroxyl groups excluding tert-OH is 1. The van der Waals surface area contributed by atoms with Gasteiger partial charge in [-0.25, -0.2) is 0 Å². The van der Waals surface area contributed by atoms with Gasteiger partial charge in [-0.15, -0.1) is 0 Å². The number of hydrogen-bond acceptors (Lipinski definition) is 6. The maximum absolute atomic E-state index is 13.6. The van der Waals surface area contributed by atoms with Gasteiger partial charge in [-0.1, -0.05) is 49.7 Å². The number of nitrogens with one attached hydrogen (secondary N) is 1. The Labute approximate surface area is 283 Å². The summed E-state index contributed by atoms with van der Waals surface area (Å²) in [6, 6.07) is 22.3. The fourth-order valence-electron chi connectivity index (χ4n) is 5.46. The number of hydrogen-bond donors (Lipinski definition) is 2. The van der Waals surface area contributed by atoms with Gasteiger partial charge in [0.2, 0.25) is 0 Å². The smallest absolute Gasteiger partial charge is 0.471 e. The molecule has 0 aliphatic carbocycles. The minimum Gasteiger partial charge on any atom is -0.491 e. The number of unbranched alkanes of at least 4 members (excludes halogenated alkanes) is 1. The zero-order chi connectivity index (χ0) is 35.0. The van der Waals surface area contributed by atoms with Crippen molar-refractivity contribution in [2.45, 2.75) is 45.4 Å². The molecule has 5 rings (SSSR count). The Morgan fingerprint density at radius 3 is 2.41 bits per heavy atom. The molecule has 2 heterocycles. The van der Waals surface area contributed by atoms with Gasteiger partial charge in [0.1, 0.15) is 18.5 Å². The molecule has 1 aromatic heterocycles. The molecule has 1 unspecified atom stereocenters. The maximum atomic E-state index is 13.6. The highest BCUT2D eigenvalue weighted by Gasteiger charge is 2.44. The van der Waals surface area contributed by atoms with Crippen molar-refractivity contribution in [2.75, 3.05) is 36.6 Å². The highest BCUT2D eigenvalue weighted by Crippen LogP contribution is 2.35. The number of pyridine rings is 1. The predicted molar refractivity (Wildman–Crippen MR) is 182 cm³/mol. The second-order valence-electron chi connectivity index (χ2n) is 11.7. The number of amides is 2. The van der Waals surface area contributed by atoms with Gasteiger partial charge in [-0.2, -0.15) is 13.2 Å². The molecule has 1 atom stereocenters. The van der Waals surface area contributed by atoms with E-state index in [-0.39, 0.29) is 24.2 Å². The third-order valence-electron chi connectivity index (χ3n) is 8.15. The lowest BCUT2D eigenvalue weighted by Gasteiger charge is -2.24. The Morgan fingerprint density at radius 2 is 1.71 bits per heavy atom. The number of nitrogens with zero attached hydrogens (tertiary/aromatic N) is 2. The lowest BCUT2D eigenvalue weighted by Crippen LogP contribution is -2.42. The van der Waals surface area contributed by atoms with Gasteiger partial charge in [0.25, 0.3) is 5.91 Å². The van der Waals surface area contributed by atoms with Crippen LogP contribution in [0.3, 0.4) is 0 Å². The van der Waals surface area contributed by atoms with Crippen molar-refractivity contribution < 1.29 is 37.3 Å². The molecule has 0 spiro atoms. The maximum Gasteiger partial charge on any atom is 0.471 e. The number of aromatic nitrogens is 1. The van der Waals surface area contributed by atoms with Crippen LogP contribution in [0.25, 0.3) is 17.2 Å². The molecule has 0 saturated heterocycles. The predicted octanol–water partition coefficient (Wildman–Crippen LogP) is 7.66. The van der Waals surface area contributed by atoms with E-state index in [1.54, 1.807) is 60.8 Å². The molecule has 0 saturated carbocycles. The Balaban J connectivity index is 1.35. The topological polar surface area (TPSA) is 101 Å². The van der Waals surface area contributed by atoms with Crippen molar-refractivity contribution >= 4 is 29.3 Å². The van der Waals surface area contributed by atoms with Crippen molar-refractivity contribution in [3.8, 4) is 16.9 Å². The van der Waals surface area contributed by atoms with Crippen molar-refractivity contribution in [1.82, 2.24) is 4.98 Å². The summed E-state index contributed by atoms with van der Waals surface area (Å²) in [6.45, 7) is 5.17. The average Bonchev–Trinajstić information content (AvgIpc) is 3.29. The van der Waals surface area contributed by atoms with E-state index in [0.717, 1.165) is 24.0 Å². The standard InChI is InChI=1S/C38H38F3N3O5/c1-3-4-20-48-21-22-49-32-14-9-26(10-15-32)28-11-16-33-30(23-28)24-29(17-19-44(33)37(47)38(39,40)41)36(46)43-31-12-7-27(8-13-31)35(45)34-25(2)6-5-18-42-34/h5-16,18,23-24,35,45H,3-4,17,19-22H2,1-2H3,(H,43,46). The molecule has 11 heteroatoms. The number of halogens is 3. The summed E-state index contributed by atoms with van der Waals surface area (Å²) in [4.78, 5) is 30.9. The number of alkyl halides is 3. The third kappa shape index (κ3) is 8.92. The minimum absolute atomic E-state index is 0.0556. The van der Waals surface area contributed by atoms with E-state index in [1.807, 2.05) is 25.1 Å². The van der Waals surface area contributed by atoms with E-state index in [1.165, 1.54) is 12.1 Å². The first-order chi connectivity index (χ1) is 23.5. The largest absolute Gasteiger partial charge is 0.491 e. The molecule has 2 amide bonds. The first-order valence-electron chi connectivity index (χ1n) is 16.1. The monoisotopic (exact) mass is 673 g/mol. The van der Waals surface area contributed by atoms with Crippen LogP contribution in [0.5, 0.6) is 5.75 Å². The normalized spacial score (nSPS) is 13.6. The lowest BCUT2D eigenvalue weighted by atomic mass is 10.00. The SMILES string of the molecule is CCCCOCCOc1ccc(-c2ccc3c(c2)C=C(C(=O)Nc2ccc(C(O)c4ncccc4C)cc2)CCN3C(=O)C(F)(F)F)cc1. The molecule has 49 heavy (non-hydrogen) atoms. The van der Waals surface area contributed by atoms with Gasteiger partial charge in [0.15, 0.2) is 0 Å². The summed E-state index contributed by atoms with van der Waals surface area (Å²) < 4.78 is 52.2. The van der Waals surface area contributed by atoms with Crippen molar-refractivity contribution in [3.63, 3.8) is 0 Å². The Bertz CT molecular complexity index is 1790. The number of aryl methyl sites for hydroxylation is 1. The number of carbonyl (C=O) groups excluding carboxylic acids is 2. The van der Waals surface area contributed by atoms with Crippen LogP contribution in [0.1, 0.15) is 54.7 Å². The van der Waals surface area contributed by atoms with Crippen LogP contribution in [-0.2, 0) is 14.3 Å². The molecule has 8 nitrogen and oxygen atoms in total. The quantitative estimate of drug-likeness (QED) is 0.150. The number of aliphatic hydroxyl groups is 1. The molecular weight excluding hydrogens is 635 g/mol. The molecule has 4 aromatic rings. The van der Waals surface area contributed by atoms with Crippen molar-refractivity contribution in [3.05, 3.63) is 113 Å². The molecule has 1 aliphatic heterocycles. The van der Waals surface area contributed by atoms with Crippen molar-refractivity contribution in [2.24, 2.45) is 0 Å². The summed E-state index contributed by atoms with van der Waals surface area (Å²) in [5.41, 5.74) is 4.37. The van der Waals surface area contributed by atoms with Gasteiger partial charge < -0.3 is 24.8 Å². The van der Waals surface area contributed by atoms with Gasteiger partial charge in [0, 0.05) is 30.6 Å². The fraction of sp³-hybridized carbons (Fsp3) is 0.289. The number of benzene rings is 3. The summed E-state index contributed by atoms with van der Waals surface area (Å²) in [6.07, 6.45) is -0.995. The van der Waals surface area contributed by atoms with Gasteiger partial charge in [0.05, 0.1) is 18.0 Å². The van der Waals surface area contributed by atoms with Crippen LogP contribution in [0.2, 0.25) is 0 Å². The molecule has 1 aliphatic rings. The zero-order valence-corrected chi connectivity index (χ0v) is 27.3. The average molecular weight is 674 g/mol. The van der Waals surface area contributed by atoms with Crippen LogP contribution >= 0.6 is 0 Å². The fourth-order valence-corrected chi connectivity index (χ4v) is 5.46. The van der Waals surface area contributed by atoms with E-state index in [0.29, 0.717) is 58.5 Å².